The quantitative estimate of drug-likeness (QED) is 0.703. The molecule has 3 rings (SSSR count). The molecule has 0 amide bonds. The lowest BCUT2D eigenvalue weighted by Crippen LogP contribution is -2.37. The van der Waals surface area contributed by atoms with Gasteiger partial charge < -0.3 is 11.1 Å². The third-order valence-electron chi connectivity index (χ3n) is 4.42. The van der Waals surface area contributed by atoms with E-state index in [4.69, 9.17) is 10.7 Å². The van der Waals surface area contributed by atoms with Crippen molar-refractivity contribution < 1.29 is 0 Å². The van der Waals surface area contributed by atoms with E-state index in [0.29, 0.717) is 5.41 Å². The molecule has 88 valence electrons. The number of hydrogen-bond acceptors (Lipinski definition) is 3. The molecule has 3 heteroatoms. The smallest absolute Gasteiger partial charge is 0.0453 e. The molecule has 0 bridgehead atoms. The van der Waals surface area contributed by atoms with Gasteiger partial charge in [-0.15, -0.1) is 0 Å². The average Bonchev–Trinajstić information content (AvgIpc) is 2.87. The predicted octanol–water partition coefficient (Wildman–Crippen LogP) is 1.60. The zero-order chi connectivity index (χ0) is 11.0. The van der Waals surface area contributed by atoms with E-state index in [1.165, 1.54) is 43.4 Å². The molecule has 1 fully saturated rings. The summed E-state index contributed by atoms with van der Waals surface area (Å²) in [6.45, 7) is 3.37. The van der Waals surface area contributed by atoms with Crippen molar-refractivity contribution >= 4 is 5.71 Å². The van der Waals surface area contributed by atoms with E-state index < -0.39 is 0 Å². The summed E-state index contributed by atoms with van der Waals surface area (Å²) in [5, 5.41) is 3.44. The molecular weight excluding hydrogens is 198 g/mol. The fraction of sp³-hybridized carbons (Fsp3) is 0.769. The van der Waals surface area contributed by atoms with Crippen molar-refractivity contribution in [3.8, 4) is 0 Å². The molecule has 0 saturated carbocycles. The standard InChI is InChI=1S/C13H21N3/c14-11-3-1-2-10(11)12-8-13(9-16-12)4-6-15-7-5-13/h15H,1-9,14H2. The normalized spacial score (nSPS) is 28.9. The second kappa shape index (κ2) is 3.88. The number of nitrogens with two attached hydrogens (primary N) is 1. The molecule has 0 aromatic carbocycles. The monoisotopic (exact) mass is 219 g/mol. The van der Waals surface area contributed by atoms with Gasteiger partial charge in [-0.05, 0) is 62.6 Å². The second-order valence-corrected chi connectivity index (χ2v) is 5.55. The van der Waals surface area contributed by atoms with Crippen LogP contribution in [0, 0.1) is 5.41 Å². The summed E-state index contributed by atoms with van der Waals surface area (Å²) in [7, 11) is 0. The Labute approximate surface area is 97.2 Å². The van der Waals surface area contributed by atoms with Crippen molar-refractivity contribution in [3.05, 3.63) is 11.3 Å². The molecule has 2 heterocycles. The van der Waals surface area contributed by atoms with E-state index in [2.05, 4.69) is 5.32 Å². The van der Waals surface area contributed by atoms with Gasteiger partial charge in [0, 0.05) is 18.0 Å². The van der Waals surface area contributed by atoms with Crippen LogP contribution >= 0.6 is 0 Å². The largest absolute Gasteiger partial charge is 0.402 e. The summed E-state index contributed by atoms with van der Waals surface area (Å²) in [5.74, 6) is 0. The molecule has 3 nitrogen and oxygen atoms in total. The number of nitrogens with one attached hydrogen (secondary N) is 1. The van der Waals surface area contributed by atoms with Crippen LogP contribution in [0.5, 0.6) is 0 Å². The number of piperidine rings is 1. The first-order valence-electron chi connectivity index (χ1n) is 6.51. The Balaban J connectivity index is 1.74. The minimum absolute atomic E-state index is 0.483. The minimum Gasteiger partial charge on any atom is -0.402 e. The number of hydrogen-bond donors (Lipinski definition) is 2. The first-order valence-corrected chi connectivity index (χ1v) is 6.51. The molecule has 0 radical (unpaired) electrons. The van der Waals surface area contributed by atoms with Crippen LogP contribution in [0.15, 0.2) is 16.3 Å². The Morgan fingerprint density at radius 3 is 2.69 bits per heavy atom. The van der Waals surface area contributed by atoms with Gasteiger partial charge >= 0.3 is 0 Å². The highest BCUT2D eigenvalue weighted by molar-refractivity contribution is 6.02. The van der Waals surface area contributed by atoms with Gasteiger partial charge in [0.1, 0.15) is 0 Å². The van der Waals surface area contributed by atoms with Crippen molar-refractivity contribution in [2.75, 3.05) is 19.6 Å². The zero-order valence-corrected chi connectivity index (χ0v) is 9.89. The van der Waals surface area contributed by atoms with Crippen LogP contribution in [-0.2, 0) is 0 Å². The number of aliphatic imine (C=N–C) groups is 1. The highest BCUT2D eigenvalue weighted by Crippen LogP contribution is 2.40. The van der Waals surface area contributed by atoms with Crippen molar-refractivity contribution in [1.82, 2.24) is 5.32 Å². The summed E-state index contributed by atoms with van der Waals surface area (Å²) < 4.78 is 0. The minimum atomic E-state index is 0.483. The van der Waals surface area contributed by atoms with Crippen LogP contribution < -0.4 is 11.1 Å². The summed E-state index contributed by atoms with van der Waals surface area (Å²) in [6, 6.07) is 0. The van der Waals surface area contributed by atoms with Crippen molar-refractivity contribution in [1.29, 1.82) is 0 Å². The molecule has 3 N–H and O–H groups in total. The molecule has 3 aliphatic rings. The van der Waals surface area contributed by atoms with Gasteiger partial charge in [-0.25, -0.2) is 0 Å². The lowest BCUT2D eigenvalue weighted by Gasteiger charge is -2.32. The maximum atomic E-state index is 6.06. The molecule has 1 saturated heterocycles. The highest BCUT2D eigenvalue weighted by Gasteiger charge is 2.38. The van der Waals surface area contributed by atoms with Crippen LogP contribution in [0.1, 0.15) is 38.5 Å². The topological polar surface area (TPSA) is 50.4 Å². The fourth-order valence-corrected chi connectivity index (χ4v) is 3.32. The van der Waals surface area contributed by atoms with Crippen LogP contribution in [0.25, 0.3) is 0 Å². The van der Waals surface area contributed by atoms with E-state index in [9.17, 15) is 0 Å². The first-order chi connectivity index (χ1) is 7.79. The van der Waals surface area contributed by atoms with Gasteiger partial charge in [-0.1, -0.05) is 0 Å². The average molecular weight is 219 g/mol. The Morgan fingerprint density at radius 1 is 1.19 bits per heavy atom. The van der Waals surface area contributed by atoms with Gasteiger partial charge in [0.25, 0.3) is 0 Å². The lowest BCUT2D eigenvalue weighted by molar-refractivity contribution is 0.235. The Bertz CT molecular complexity index is 348. The molecule has 0 atom stereocenters. The van der Waals surface area contributed by atoms with E-state index in [1.54, 1.807) is 0 Å². The summed E-state index contributed by atoms with van der Waals surface area (Å²) >= 11 is 0. The van der Waals surface area contributed by atoms with Gasteiger partial charge in [0.05, 0.1) is 0 Å². The Morgan fingerprint density at radius 2 is 2.00 bits per heavy atom. The van der Waals surface area contributed by atoms with Crippen LogP contribution in [-0.4, -0.2) is 25.3 Å². The maximum Gasteiger partial charge on any atom is 0.0453 e. The Kier molecular flexibility index (Phi) is 2.51. The zero-order valence-electron chi connectivity index (χ0n) is 9.89. The fourth-order valence-electron chi connectivity index (χ4n) is 3.32. The summed E-state index contributed by atoms with van der Waals surface area (Å²) in [4.78, 5) is 4.80. The van der Waals surface area contributed by atoms with E-state index >= 15 is 0 Å². The predicted molar refractivity (Wildman–Crippen MR) is 66.5 cm³/mol. The van der Waals surface area contributed by atoms with Gasteiger partial charge in [-0.2, -0.15) is 0 Å². The maximum absolute atomic E-state index is 6.06. The van der Waals surface area contributed by atoms with E-state index in [0.717, 1.165) is 31.8 Å². The molecule has 1 aliphatic carbocycles. The van der Waals surface area contributed by atoms with Crippen molar-refractivity contribution in [2.45, 2.75) is 38.5 Å². The molecule has 2 aliphatic heterocycles. The van der Waals surface area contributed by atoms with Crippen molar-refractivity contribution in [3.63, 3.8) is 0 Å². The van der Waals surface area contributed by atoms with Crippen LogP contribution in [0.2, 0.25) is 0 Å². The van der Waals surface area contributed by atoms with E-state index in [-0.39, 0.29) is 0 Å². The molecule has 1 spiro atoms. The van der Waals surface area contributed by atoms with Gasteiger partial charge in [0.15, 0.2) is 0 Å². The van der Waals surface area contributed by atoms with Crippen LogP contribution in [0.4, 0.5) is 0 Å². The molecular formula is C13H21N3. The third kappa shape index (κ3) is 1.67. The van der Waals surface area contributed by atoms with Crippen LogP contribution in [0.3, 0.4) is 0 Å². The third-order valence-corrected chi connectivity index (χ3v) is 4.42. The lowest BCUT2D eigenvalue weighted by atomic mass is 9.76. The SMILES string of the molecule is NC1=C(C2=NCC3(CCNCC3)C2)CCC1. The molecule has 16 heavy (non-hydrogen) atoms. The molecule has 0 unspecified atom stereocenters. The van der Waals surface area contributed by atoms with Gasteiger partial charge in [0.2, 0.25) is 0 Å². The second-order valence-electron chi connectivity index (χ2n) is 5.55. The first kappa shape index (κ1) is 10.3. The number of rotatable bonds is 1. The summed E-state index contributed by atoms with van der Waals surface area (Å²) in [6.07, 6.45) is 7.24. The molecule has 0 aromatic rings. The molecule has 0 aromatic heterocycles. The van der Waals surface area contributed by atoms with E-state index in [1.807, 2.05) is 0 Å². The summed E-state index contributed by atoms with van der Waals surface area (Å²) in [5.41, 5.74) is 10.4. The highest BCUT2D eigenvalue weighted by atomic mass is 14.9. The number of nitrogens with zero attached hydrogens (tertiary/aromatic N) is 1. The Hall–Kier alpha value is -0.830. The number of allylic oxidation sites excluding steroid dienone is 2. The van der Waals surface area contributed by atoms with Gasteiger partial charge in [-0.3, -0.25) is 4.99 Å². The van der Waals surface area contributed by atoms with Crippen molar-refractivity contribution in [2.24, 2.45) is 16.1 Å².